The topological polar surface area (TPSA) is 86.8 Å². The molecule has 0 aromatic heterocycles. The Bertz CT molecular complexity index is 1540. The van der Waals surface area contributed by atoms with Crippen molar-refractivity contribution in [3.63, 3.8) is 0 Å². The Morgan fingerprint density at radius 3 is 2.12 bits per heavy atom. The molecule has 0 fully saturated rings. The summed E-state index contributed by atoms with van der Waals surface area (Å²) in [6, 6.07) is 15.2. The third-order valence-corrected chi connectivity index (χ3v) is 9.08. The summed E-state index contributed by atoms with van der Waals surface area (Å²) in [5, 5.41) is 3.85. The van der Waals surface area contributed by atoms with Crippen LogP contribution in [0.15, 0.2) is 65.6 Å². The summed E-state index contributed by atoms with van der Waals surface area (Å²) >= 11 is 18.6. The molecule has 3 aromatic rings. The van der Waals surface area contributed by atoms with Crippen LogP contribution in [0.2, 0.25) is 15.1 Å². The smallest absolute Gasteiger partial charge is 0.264 e. The summed E-state index contributed by atoms with van der Waals surface area (Å²) in [4.78, 5) is 28.6. The molecule has 0 saturated carbocycles. The minimum atomic E-state index is -4.21. The van der Waals surface area contributed by atoms with Gasteiger partial charge in [-0.15, -0.1) is 0 Å². The molecule has 3 rings (SSSR count). The van der Waals surface area contributed by atoms with Gasteiger partial charge in [0.15, 0.2) is 0 Å². The molecule has 0 aliphatic carbocycles. The van der Waals surface area contributed by atoms with Crippen LogP contribution >= 0.6 is 34.8 Å². The average molecular weight is 639 g/mol. The monoisotopic (exact) mass is 637 g/mol. The minimum Gasteiger partial charge on any atom is -0.350 e. The van der Waals surface area contributed by atoms with E-state index in [0.29, 0.717) is 26.2 Å². The maximum Gasteiger partial charge on any atom is 0.264 e. The van der Waals surface area contributed by atoms with Gasteiger partial charge in [0, 0.05) is 17.1 Å². The molecule has 0 aliphatic rings. The number of sulfonamides is 1. The van der Waals surface area contributed by atoms with E-state index >= 15 is 0 Å². The van der Waals surface area contributed by atoms with Crippen LogP contribution in [0.4, 0.5) is 5.69 Å². The predicted molar refractivity (Wildman–Crippen MR) is 166 cm³/mol. The molecule has 7 nitrogen and oxygen atoms in total. The van der Waals surface area contributed by atoms with Gasteiger partial charge >= 0.3 is 0 Å². The second kappa shape index (κ2) is 13.0. The SMILES string of the molecule is Cc1ccc(S(=O)(=O)N(CC(=O)N(Cc2ccc(Cl)c(Cl)c2)C(C)C(=O)NC(C)(C)C)c2cc(Cl)ccc2C)cc1. The van der Waals surface area contributed by atoms with E-state index in [2.05, 4.69) is 5.32 Å². The number of hydrogen-bond donors (Lipinski definition) is 1. The Hall–Kier alpha value is -2.78. The number of hydrogen-bond acceptors (Lipinski definition) is 4. The van der Waals surface area contributed by atoms with Crippen LogP contribution in [-0.4, -0.2) is 43.3 Å². The lowest BCUT2D eigenvalue weighted by molar-refractivity contribution is -0.140. The van der Waals surface area contributed by atoms with Gasteiger partial charge in [-0.25, -0.2) is 8.42 Å². The first kappa shape index (κ1) is 32.7. The van der Waals surface area contributed by atoms with Crippen molar-refractivity contribution in [1.29, 1.82) is 0 Å². The van der Waals surface area contributed by atoms with E-state index in [1.165, 1.54) is 23.1 Å². The standard InChI is InChI=1S/C30H34Cl3N3O4S/c1-19-7-12-24(13-8-19)41(39,40)36(27-16-23(31)11-9-20(27)2)18-28(37)35(21(3)29(38)34-30(4,5)6)17-22-10-14-25(32)26(33)15-22/h7-16,21H,17-18H2,1-6H3,(H,34,38). The number of carbonyl (C=O) groups is 2. The van der Waals surface area contributed by atoms with Crippen molar-refractivity contribution in [2.24, 2.45) is 0 Å². The van der Waals surface area contributed by atoms with Gasteiger partial charge in [-0.2, -0.15) is 0 Å². The summed E-state index contributed by atoms with van der Waals surface area (Å²) in [7, 11) is -4.21. The first-order valence-corrected chi connectivity index (χ1v) is 15.5. The first-order valence-electron chi connectivity index (χ1n) is 12.9. The van der Waals surface area contributed by atoms with E-state index in [1.807, 2.05) is 27.7 Å². The molecule has 1 atom stereocenters. The highest BCUT2D eigenvalue weighted by atomic mass is 35.5. The third-order valence-electron chi connectivity index (χ3n) is 6.33. The van der Waals surface area contributed by atoms with Gasteiger partial charge in [-0.05, 0) is 89.1 Å². The largest absolute Gasteiger partial charge is 0.350 e. The van der Waals surface area contributed by atoms with Gasteiger partial charge in [0.1, 0.15) is 12.6 Å². The maximum atomic E-state index is 14.1. The zero-order valence-corrected chi connectivity index (χ0v) is 26.9. The summed E-state index contributed by atoms with van der Waals surface area (Å²) in [6.45, 7) is 10.1. The summed E-state index contributed by atoms with van der Waals surface area (Å²) in [6.07, 6.45) is 0. The molecule has 1 N–H and O–H groups in total. The van der Waals surface area contributed by atoms with Gasteiger partial charge in [0.25, 0.3) is 10.0 Å². The number of nitrogens with one attached hydrogen (secondary N) is 1. The normalized spacial score (nSPS) is 12.5. The van der Waals surface area contributed by atoms with Crippen LogP contribution in [0.3, 0.4) is 0 Å². The lowest BCUT2D eigenvalue weighted by Gasteiger charge is -2.34. The second-order valence-corrected chi connectivity index (χ2v) is 14.1. The molecule has 0 spiro atoms. The van der Waals surface area contributed by atoms with E-state index in [0.717, 1.165) is 9.87 Å². The van der Waals surface area contributed by atoms with Gasteiger partial charge < -0.3 is 10.2 Å². The fourth-order valence-electron chi connectivity index (χ4n) is 4.09. The van der Waals surface area contributed by atoms with Crippen molar-refractivity contribution >= 4 is 62.3 Å². The molecule has 11 heteroatoms. The summed E-state index contributed by atoms with van der Waals surface area (Å²) < 4.78 is 29.0. The summed E-state index contributed by atoms with van der Waals surface area (Å²) in [5.41, 5.74) is 1.81. The first-order chi connectivity index (χ1) is 19.0. The van der Waals surface area contributed by atoms with Gasteiger partial charge in [0.2, 0.25) is 11.8 Å². The van der Waals surface area contributed by atoms with Crippen LogP contribution in [0.25, 0.3) is 0 Å². The van der Waals surface area contributed by atoms with E-state index in [1.54, 1.807) is 56.3 Å². The summed E-state index contributed by atoms with van der Waals surface area (Å²) in [5.74, 6) is -0.986. The third kappa shape index (κ3) is 8.38. The number of rotatable bonds is 9. The number of amides is 2. The van der Waals surface area contributed by atoms with E-state index in [4.69, 9.17) is 34.8 Å². The van der Waals surface area contributed by atoms with Crippen molar-refractivity contribution in [3.8, 4) is 0 Å². The molecule has 1 unspecified atom stereocenters. The predicted octanol–water partition coefficient (Wildman–Crippen LogP) is 6.79. The molecule has 0 saturated heterocycles. The van der Waals surface area contributed by atoms with Crippen molar-refractivity contribution in [2.75, 3.05) is 10.8 Å². The fourth-order valence-corrected chi connectivity index (χ4v) is 6.05. The molecule has 220 valence electrons. The lowest BCUT2D eigenvalue weighted by atomic mass is 10.1. The van der Waals surface area contributed by atoms with Gasteiger partial charge in [-0.1, -0.05) is 64.6 Å². The number of halogens is 3. The van der Waals surface area contributed by atoms with Crippen molar-refractivity contribution < 1.29 is 18.0 Å². The minimum absolute atomic E-state index is 0.0125. The van der Waals surface area contributed by atoms with E-state index in [-0.39, 0.29) is 17.1 Å². The van der Waals surface area contributed by atoms with Crippen LogP contribution in [0.5, 0.6) is 0 Å². The lowest BCUT2D eigenvalue weighted by Crippen LogP contribution is -2.54. The number of nitrogens with zero attached hydrogens (tertiary/aromatic N) is 2. The number of benzene rings is 3. The van der Waals surface area contributed by atoms with Crippen molar-refractivity contribution in [2.45, 2.75) is 64.6 Å². The Balaban J connectivity index is 2.09. The zero-order chi connectivity index (χ0) is 30.7. The molecule has 0 aliphatic heterocycles. The Labute approximate surface area is 257 Å². The Morgan fingerprint density at radius 2 is 1.54 bits per heavy atom. The molecule has 0 bridgehead atoms. The van der Waals surface area contributed by atoms with Crippen LogP contribution in [0.1, 0.15) is 44.4 Å². The second-order valence-electron chi connectivity index (χ2n) is 10.9. The highest BCUT2D eigenvalue weighted by molar-refractivity contribution is 7.92. The van der Waals surface area contributed by atoms with Gasteiger partial charge in [0.05, 0.1) is 20.6 Å². The highest BCUT2D eigenvalue weighted by Crippen LogP contribution is 2.30. The van der Waals surface area contributed by atoms with E-state index < -0.39 is 40.0 Å². The van der Waals surface area contributed by atoms with Crippen molar-refractivity contribution in [1.82, 2.24) is 10.2 Å². The quantitative estimate of drug-likeness (QED) is 0.280. The van der Waals surface area contributed by atoms with E-state index in [9.17, 15) is 18.0 Å². The van der Waals surface area contributed by atoms with Crippen LogP contribution < -0.4 is 9.62 Å². The molecular weight excluding hydrogens is 605 g/mol. The molecule has 0 heterocycles. The van der Waals surface area contributed by atoms with Crippen molar-refractivity contribution in [3.05, 3.63) is 92.4 Å². The van der Waals surface area contributed by atoms with Crippen LogP contribution in [-0.2, 0) is 26.2 Å². The maximum absolute atomic E-state index is 14.1. The Kier molecular flexibility index (Phi) is 10.4. The number of aryl methyl sites for hydroxylation is 2. The molecule has 0 radical (unpaired) electrons. The Morgan fingerprint density at radius 1 is 0.902 bits per heavy atom. The molecule has 41 heavy (non-hydrogen) atoms. The molecular formula is C30H34Cl3N3O4S. The van der Waals surface area contributed by atoms with Gasteiger partial charge in [-0.3, -0.25) is 13.9 Å². The molecule has 3 aromatic carbocycles. The fraction of sp³-hybridized carbons (Fsp3) is 0.333. The number of carbonyl (C=O) groups excluding carboxylic acids is 2. The van der Waals surface area contributed by atoms with Crippen LogP contribution in [0, 0.1) is 13.8 Å². The highest BCUT2D eigenvalue weighted by Gasteiger charge is 2.34. The zero-order valence-electron chi connectivity index (χ0n) is 23.8. The molecule has 2 amide bonds. The average Bonchev–Trinajstić information content (AvgIpc) is 2.88. The number of anilines is 1.